The molecule has 2 aromatic heterocycles. The second kappa shape index (κ2) is 6.25. The van der Waals surface area contributed by atoms with Crippen molar-refractivity contribution in [1.82, 2.24) is 5.16 Å². The largest absolute Gasteiger partial charge is 0.460 e. The molecule has 1 aliphatic rings. The van der Waals surface area contributed by atoms with Gasteiger partial charge in [0.1, 0.15) is 16.8 Å². The summed E-state index contributed by atoms with van der Waals surface area (Å²) in [5, 5.41) is 4.50. The van der Waals surface area contributed by atoms with E-state index >= 15 is 0 Å². The van der Waals surface area contributed by atoms with Crippen LogP contribution in [0.1, 0.15) is 60.7 Å². The molecule has 0 spiro atoms. The summed E-state index contributed by atoms with van der Waals surface area (Å²) in [6, 6.07) is -0.544. The molecule has 25 heavy (non-hydrogen) atoms. The number of carbonyl (C=O) groups is 1. The molecule has 0 radical (unpaired) electrons. The van der Waals surface area contributed by atoms with Crippen LogP contribution in [-0.2, 0) is 9.53 Å². The van der Waals surface area contributed by atoms with Crippen LogP contribution in [0.25, 0.3) is 10.4 Å². The predicted molar refractivity (Wildman–Crippen MR) is 99.6 cm³/mol. The number of aryl methyl sites for hydroxylation is 2. The highest BCUT2D eigenvalue weighted by molar-refractivity contribution is 7.16. The molecule has 3 rings (SSSR count). The second-order valence-electron chi connectivity index (χ2n) is 7.22. The van der Waals surface area contributed by atoms with Gasteiger partial charge in [0.25, 0.3) is 0 Å². The van der Waals surface area contributed by atoms with Gasteiger partial charge >= 0.3 is 5.97 Å². The van der Waals surface area contributed by atoms with Crippen molar-refractivity contribution < 1.29 is 14.1 Å². The number of halogens is 1. The van der Waals surface area contributed by atoms with Gasteiger partial charge in [0.05, 0.1) is 22.6 Å². The van der Waals surface area contributed by atoms with E-state index in [-0.39, 0.29) is 12.4 Å². The molecule has 0 N–H and O–H groups in total. The molecule has 0 aliphatic carbocycles. The van der Waals surface area contributed by atoms with E-state index in [1.807, 2.05) is 34.6 Å². The summed E-state index contributed by atoms with van der Waals surface area (Å²) in [7, 11) is 0. The molecule has 1 atom stereocenters. The van der Waals surface area contributed by atoms with E-state index in [1.54, 1.807) is 11.3 Å². The number of hydrogen-bond donors (Lipinski definition) is 0. The first-order chi connectivity index (χ1) is 11.6. The lowest BCUT2D eigenvalue weighted by molar-refractivity contribution is -0.155. The number of aliphatic imine (C=N–C) groups is 1. The van der Waals surface area contributed by atoms with Crippen LogP contribution < -0.4 is 0 Å². The van der Waals surface area contributed by atoms with Gasteiger partial charge in [0, 0.05) is 10.4 Å². The monoisotopic (exact) mass is 380 g/mol. The normalized spacial score (nSPS) is 16.8. The minimum Gasteiger partial charge on any atom is -0.460 e. The fourth-order valence-corrected chi connectivity index (χ4v) is 4.56. The van der Waals surface area contributed by atoms with Gasteiger partial charge in [-0.05, 0) is 47.1 Å². The molecule has 0 unspecified atom stereocenters. The number of fused-ring (bicyclic) bond motifs is 3. The molecule has 2 aromatic rings. The van der Waals surface area contributed by atoms with Crippen molar-refractivity contribution in [1.29, 1.82) is 0 Å². The van der Waals surface area contributed by atoms with Gasteiger partial charge in [-0.1, -0.05) is 16.8 Å². The quantitative estimate of drug-likeness (QED) is 0.680. The van der Waals surface area contributed by atoms with Gasteiger partial charge in [-0.25, -0.2) is 0 Å². The molecule has 0 bridgehead atoms. The molecule has 7 heteroatoms. The number of thiophene rings is 1. The minimum absolute atomic E-state index is 0.0576. The summed E-state index contributed by atoms with van der Waals surface area (Å²) >= 11 is 8.17. The minimum atomic E-state index is -0.554. The van der Waals surface area contributed by atoms with Crippen LogP contribution >= 0.6 is 22.9 Å². The predicted octanol–water partition coefficient (Wildman–Crippen LogP) is 5.10. The van der Waals surface area contributed by atoms with E-state index in [9.17, 15) is 4.79 Å². The topological polar surface area (TPSA) is 64.7 Å². The summed E-state index contributed by atoms with van der Waals surface area (Å²) in [6.07, 6.45) is 0.0576. The lowest BCUT2D eigenvalue weighted by atomic mass is 10.0. The number of esters is 1. The van der Waals surface area contributed by atoms with Crippen molar-refractivity contribution in [2.75, 3.05) is 0 Å². The van der Waals surface area contributed by atoms with Gasteiger partial charge in [0.2, 0.25) is 0 Å². The van der Waals surface area contributed by atoms with Gasteiger partial charge < -0.3 is 9.26 Å². The lowest BCUT2D eigenvalue weighted by Crippen LogP contribution is -2.24. The Bertz CT molecular complexity index is 874. The molecule has 0 saturated carbocycles. The van der Waals surface area contributed by atoms with Crippen molar-refractivity contribution in [2.45, 2.75) is 59.6 Å². The van der Waals surface area contributed by atoms with E-state index in [0.717, 1.165) is 27.3 Å². The fourth-order valence-electron chi connectivity index (χ4n) is 2.88. The molecule has 0 saturated heterocycles. The van der Waals surface area contributed by atoms with Crippen LogP contribution in [0, 0.1) is 20.8 Å². The SMILES string of the molecule is Cc1noc2c1-c1sc(C)c(C)c1C(Cl)=N[C@H]2CC(=O)OC(C)(C)C. The lowest BCUT2D eigenvalue weighted by Gasteiger charge is -2.20. The zero-order valence-corrected chi connectivity index (χ0v) is 16.8. The standard InChI is InChI=1S/C18H21ClN2O3S/c1-8-10(3)25-16-13(8)17(19)20-11(7-12(22)23-18(4,5)6)15-14(16)9(2)21-24-15/h11H,7H2,1-6H3/t11-/m0/s1. The Morgan fingerprint density at radius 3 is 2.60 bits per heavy atom. The average Bonchev–Trinajstić information content (AvgIpc) is 2.93. The highest BCUT2D eigenvalue weighted by Gasteiger charge is 2.34. The molecule has 3 heterocycles. The van der Waals surface area contributed by atoms with E-state index < -0.39 is 11.6 Å². The van der Waals surface area contributed by atoms with Gasteiger partial charge in [-0.2, -0.15) is 0 Å². The molecular weight excluding hydrogens is 360 g/mol. The molecule has 134 valence electrons. The van der Waals surface area contributed by atoms with Gasteiger partial charge in [-0.15, -0.1) is 11.3 Å². The molecular formula is C18H21ClN2O3S. The first-order valence-corrected chi connectivity index (χ1v) is 9.30. The maximum absolute atomic E-state index is 12.3. The van der Waals surface area contributed by atoms with Crippen LogP contribution in [0.2, 0.25) is 0 Å². The number of aromatic nitrogens is 1. The first kappa shape index (κ1) is 18.1. The zero-order valence-electron chi connectivity index (χ0n) is 15.2. The van der Waals surface area contributed by atoms with E-state index in [0.29, 0.717) is 10.9 Å². The van der Waals surface area contributed by atoms with E-state index in [1.165, 1.54) is 4.88 Å². The smallest absolute Gasteiger partial charge is 0.308 e. The number of carbonyl (C=O) groups excluding carboxylic acids is 1. The Hall–Kier alpha value is -1.66. The number of hydrogen-bond acceptors (Lipinski definition) is 6. The van der Waals surface area contributed by atoms with Crippen molar-refractivity contribution in [3.05, 3.63) is 27.5 Å². The van der Waals surface area contributed by atoms with Crippen LogP contribution in [-0.4, -0.2) is 21.9 Å². The summed E-state index contributed by atoms with van der Waals surface area (Å²) in [4.78, 5) is 19.1. The molecule has 0 amide bonds. The Morgan fingerprint density at radius 1 is 1.28 bits per heavy atom. The third-order valence-corrected chi connectivity index (χ3v) is 5.57. The van der Waals surface area contributed by atoms with Crippen molar-refractivity contribution in [3.8, 4) is 10.4 Å². The Labute approximate surface area is 156 Å². The molecule has 0 aromatic carbocycles. The maximum atomic E-state index is 12.3. The first-order valence-electron chi connectivity index (χ1n) is 8.10. The summed E-state index contributed by atoms with van der Waals surface area (Å²) < 4.78 is 11.0. The third kappa shape index (κ3) is 3.37. The maximum Gasteiger partial charge on any atom is 0.308 e. The molecule has 1 aliphatic heterocycles. The van der Waals surface area contributed by atoms with Crippen LogP contribution in [0.15, 0.2) is 9.52 Å². The summed E-state index contributed by atoms with van der Waals surface area (Å²) in [6.45, 7) is 11.5. The number of ether oxygens (including phenoxy) is 1. The Kier molecular flexibility index (Phi) is 4.54. The van der Waals surface area contributed by atoms with Crippen molar-refractivity contribution in [2.24, 2.45) is 4.99 Å². The molecule has 0 fully saturated rings. The van der Waals surface area contributed by atoms with Crippen molar-refractivity contribution in [3.63, 3.8) is 0 Å². The van der Waals surface area contributed by atoms with Crippen LogP contribution in [0.5, 0.6) is 0 Å². The third-order valence-electron chi connectivity index (χ3n) is 4.06. The number of nitrogens with zero attached hydrogens (tertiary/aromatic N) is 2. The fraction of sp³-hybridized carbons (Fsp3) is 0.500. The van der Waals surface area contributed by atoms with Crippen molar-refractivity contribution >= 4 is 34.1 Å². The highest BCUT2D eigenvalue weighted by atomic mass is 35.5. The zero-order chi connectivity index (χ0) is 18.5. The molecule has 5 nitrogen and oxygen atoms in total. The Morgan fingerprint density at radius 2 is 1.96 bits per heavy atom. The highest BCUT2D eigenvalue weighted by Crippen LogP contribution is 2.45. The Balaban J connectivity index is 2.07. The van der Waals surface area contributed by atoms with Crippen LogP contribution in [0.4, 0.5) is 0 Å². The number of rotatable bonds is 2. The van der Waals surface area contributed by atoms with Crippen LogP contribution in [0.3, 0.4) is 0 Å². The van der Waals surface area contributed by atoms with E-state index in [4.69, 9.17) is 20.9 Å². The van der Waals surface area contributed by atoms with E-state index in [2.05, 4.69) is 17.1 Å². The summed E-state index contributed by atoms with van der Waals surface area (Å²) in [5.41, 5.74) is 3.11. The average molecular weight is 381 g/mol. The second-order valence-corrected chi connectivity index (χ2v) is 8.80. The van der Waals surface area contributed by atoms with Gasteiger partial charge in [-0.3, -0.25) is 9.79 Å². The van der Waals surface area contributed by atoms with Gasteiger partial charge in [0.15, 0.2) is 5.76 Å². The summed E-state index contributed by atoms with van der Waals surface area (Å²) in [5.74, 6) is 0.227.